The molecule has 0 amide bonds. The fourth-order valence-electron chi connectivity index (χ4n) is 1.60. The van der Waals surface area contributed by atoms with Crippen LogP contribution in [-0.4, -0.2) is 42.2 Å². The monoisotopic (exact) mass is 251 g/mol. The highest BCUT2D eigenvalue weighted by molar-refractivity contribution is 5.81. The number of hydrogen-bond acceptors (Lipinski definition) is 4. The summed E-state index contributed by atoms with van der Waals surface area (Å²) >= 11 is 0. The summed E-state index contributed by atoms with van der Waals surface area (Å²) in [6.07, 6.45) is 0.904. The molecule has 100 valence electrons. The van der Waals surface area contributed by atoms with E-state index >= 15 is 0 Å². The van der Waals surface area contributed by atoms with Gasteiger partial charge in [0.25, 0.3) is 0 Å². The number of ether oxygens (including phenoxy) is 1. The van der Waals surface area contributed by atoms with Crippen LogP contribution in [0.4, 0.5) is 0 Å². The van der Waals surface area contributed by atoms with E-state index in [1.54, 1.807) is 0 Å². The molecule has 0 aromatic heterocycles. The lowest BCUT2D eigenvalue weighted by Gasteiger charge is -2.19. The van der Waals surface area contributed by atoms with E-state index in [1.807, 2.05) is 37.3 Å². The number of likely N-dealkylation sites (N-methyl/N-ethyl adjacent to an activating group) is 1. The molecule has 0 aliphatic carbocycles. The molecule has 0 aliphatic rings. The minimum Gasteiger partial charge on any atom is -0.494 e. The van der Waals surface area contributed by atoms with Crippen LogP contribution in [0.3, 0.4) is 0 Å². The Morgan fingerprint density at radius 3 is 2.72 bits per heavy atom. The number of benzene rings is 1. The van der Waals surface area contributed by atoms with E-state index in [4.69, 9.17) is 15.7 Å². The van der Waals surface area contributed by atoms with Gasteiger partial charge in [-0.1, -0.05) is 30.3 Å². The van der Waals surface area contributed by atoms with Gasteiger partial charge in [-0.15, -0.1) is 0 Å². The van der Waals surface area contributed by atoms with Gasteiger partial charge in [0.15, 0.2) is 5.84 Å². The molecule has 3 N–H and O–H groups in total. The van der Waals surface area contributed by atoms with Crippen molar-refractivity contribution in [1.82, 2.24) is 4.90 Å². The van der Waals surface area contributed by atoms with E-state index in [1.165, 1.54) is 0 Å². The van der Waals surface area contributed by atoms with Crippen molar-refractivity contribution >= 4 is 5.84 Å². The second-order valence-electron chi connectivity index (χ2n) is 3.98. The Kier molecular flexibility index (Phi) is 6.64. The lowest BCUT2D eigenvalue weighted by atomic mass is 10.3. The summed E-state index contributed by atoms with van der Waals surface area (Å²) in [5.41, 5.74) is 5.47. The number of nitrogens with zero attached hydrogens (tertiary/aromatic N) is 2. The lowest BCUT2D eigenvalue weighted by Crippen LogP contribution is -2.35. The maximum Gasteiger partial charge on any atom is 0.153 e. The van der Waals surface area contributed by atoms with E-state index in [0.717, 1.165) is 25.3 Å². The van der Waals surface area contributed by atoms with Crippen molar-refractivity contribution in [1.29, 1.82) is 0 Å². The van der Waals surface area contributed by atoms with Crippen molar-refractivity contribution in [2.45, 2.75) is 13.3 Å². The van der Waals surface area contributed by atoms with E-state index < -0.39 is 0 Å². The minimum absolute atomic E-state index is 0.237. The van der Waals surface area contributed by atoms with Gasteiger partial charge in [-0.3, -0.25) is 4.90 Å². The lowest BCUT2D eigenvalue weighted by molar-refractivity contribution is 0.255. The number of amidine groups is 1. The van der Waals surface area contributed by atoms with Gasteiger partial charge >= 0.3 is 0 Å². The summed E-state index contributed by atoms with van der Waals surface area (Å²) in [5.74, 6) is 1.12. The number of para-hydroxylation sites is 1. The number of hydrogen-bond donors (Lipinski definition) is 2. The van der Waals surface area contributed by atoms with Crippen LogP contribution in [0.15, 0.2) is 35.5 Å². The van der Waals surface area contributed by atoms with Crippen molar-refractivity contribution in [2.24, 2.45) is 10.9 Å². The Morgan fingerprint density at radius 2 is 2.11 bits per heavy atom. The predicted octanol–water partition coefficient (Wildman–Crippen LogP) is 1.52. The normalized spacial score (nSPS) is 11.8. The Hall–Kier alpha value is -1.75. The molecule has 5 nitrogen and oxygen atoms in total. The summed E-state index contributed by atoms with van der Waals surface area (Å²) in [6, 6.07) is 9.74. The SMILES string of the molecule is CCN(CCCOc1ccccc1)C/C(N)=N/O. The standard InChI is InChI=1S/C13H21N3O2/c1-2-16(11-13(14)15-17)9-6-10-18-12-7-4-3-5-8-12/h3-5,7-8,17H,2,6,9-11H2,1H3,(H2,14,15). The Morgan fingerprint density at radius 1 is 1.39 bits per heavy atom. The smallest absolute Gasteiger partial charge is 0.153 e. The van der Waals surface area contributed by atoms with Gasteiger partial charge in [0.05, 0.1) is 13.2 Å². The van der Waals surface area contributed by atoms with Crippen molar-refractivity contribution in [3.63, 3.8) is 0 Å². The second-order valence-corrected chi connectivity index (χ2v) is 3.98. The summed E-state index contributed by atoms with van der Waals surface area (Å²) in [5, 5.41) is 11.5. The van der Waals surface area contributed by atoms with Gasteiger partial charge in [0.1, 0.15) is 5.75 Å². The van der Waals surface area contributed by atoms with E-state index in [-0.39, 0.29) is 5.84 Å². The van der Waals surface area contributed by atoms with E-state index in [2.05, 4.69) is 10.1 Å². The zero-order valence-corrected chi connectivity index (χ0v) is 10.7. The van der Waals surface area contributed by atoms with Gasteiger partial charge in [0.2, 0.25) is 0 Å². The van der Waals surface area contributed by atoms with Gasteiger partial charge < -0.3 is 15.7 Å². The zero-order chi connectivity index (χ0) is 13.2. The first kappa shape index (κ1) is 14.3. The average Bonchev–Trinajstić information content (AvgIpc) is 2.43. The molecular formula is C13H21N3O2. The topological polar surface area (TPSA) is 71.1 Å². The summed E-state index contributed by atoms with van der Waals surface area (Å²) < 4.78 is 5.59. The van der Waals surface area contributed by atoms with Crippen molar-refractivity contribution < 1.29 is 9.94 Å². The molecule has 1 aromatic rings. The first-order valence-electron chi connectivity index (χ1n) is 6.13. The maximum absolute atomic E-state index is 8.51. The molecule has 18 heavy (non-hydrogen) atoms. The van der Waals surface area contributed by atoms with Crippen LogP contribution in [0.2, 0.25) is 0 Å². The molecule has 0 unspecified atom stereocenters. The average molecular weight is 251 g/mol. The van der Waals surface area contributed by atoms with Crippen LogP contribution >= 0.6 is 0 Å². The van der Waals surface area contributed by atoms with E-state index in [0.29, 0.717) is 13.2 Å². The number of nitrogens with two attached hydrogens (primary N) is 1. The quantitative estimate of drug-likeness (QED) is 0.242. The third-order valence-electron chi connectivity index (χ3n) is 2.59. The Balaban J connectivity index is 2.20. The van der Waals surface area contributed by atoms with Crippen molar-refractivity contribution in [3.05, 3.63) is 30.3 Å². The maximum atomic E-state index is 8.51. The third-order valence-corrected chi connectivity index (χ3v) is 2.59. The molecule has 1 aromatic carbocycles. The highest BCUT2D eigenvalue weighted by Crippen LogP contribution is 2.08. The second kappa shape index (κ2) is 8.36. The first-order valence-corrected chi connectivity index (χ1v) is 6.13. The van der Waals surface area contributed by atoms with Crippen LogP contribution in [0.5, 0.6) is 5.75 Å². The molecule has 0 spiro atoms. The molecule has 0 heterocycles. The van der Waals surface area contributed by atoms with E-state index in [9.17, 15) is 0 Å². The molecule has 0 atom stereocenters. The molecule has 0 radical (unpaired) electrons. The first-order chi connectivity index (χ1) is 8.76. The largest absolute Gasteiger partial charge is 0.494 e. The van der Waals surface area contributed by atoms with Gasteiger partial charge in [-0.25, -0.2) is 0 Å². The van der Waals surface area contributed by atoms with Crippen LogP contribution in [0, 0.1) is 0 Å². The van der Waals surface area contributed by atoms with Gasteiger partial charge in [0, 0.05) is 6.54 Å². The highest BCUT2D eigenvalue weighted by Gasteiger charge is 2.04. The summed E-state index contributed by atoms with van der Waals surface area (Å²) in [4.78, 5) is 2.10. The van der Waals surface area contributed by atoms with Crippen molar-refractivity contribution in [2.75, 3.05) is 26.2 Å². The zero-order valence-electron chi connectivity index (χ0n) is 10.7. The summed E-state index contributed by atoms with van der Waals surface area (Å²) in [6.45, 7) is 4.92. The van der Waals surface area contributed by atoms with Crippen LogP contribution in [0.25, 0.3) is 0 Å². The molecule has 0 saturated carbocycles. The van der Waals surface area contributed by atoms with Crippen molar-refractivity contribution in [3.8, 4) is 5.75 Å². The molecule has 0 saturated heterocycles. The fraction of sp³-hybridized carbons (Fsp3) is 0.462. The van der Waals surface area contributed by atoms with Gasteiger partial charge in [-0.05, 0) is 25.1 Å². The fourth-order valence-corrected chi connectivity index (χ4v) is 1.60. The van der Waals surface area contributed by atoms with Crippen LogP contribution in [-0.2, 0) is 0 Å². The van der Waals surface area contributed by atoms with Crippen LogP contribution in [0.1, 0.15) is 13.3 Å². The Bertz CT molecular complexity index is 355. The third kappa shape index (κ3) is 5.54. The van der Waals surface area contributed by atoms with Gasteiger partial charge in [-0.2, -0.15) is 0 Å². The molecule has 0 bridgehead atoms. The Labute approximate surface area is 108 Å². The molecule has 0 aliphatic heterocycles. The summed E-state index contributed by atoms with van der Waals surface area (Å²) in [7, 11) is 0. The minimum atomic E-state index is 0.237. The highest BCUT2D eigenvalue weighted by atomic mass is 16.5. The molecule has 5 heteroatoms. The molecule has 1 rings (SSSR count). The molecule has 0 fully saturated rings. The number of oxime groups is 1. The molecular weight excluding hydrogens is 230 g/mol. The number of rotatable bonds is 8. The van der Waals surface area contributed by atoms with Crippen LogP contribution < -0.4 is 10.5 Å². The predicted molar refractivity (Wildman–Crippen MR) is 72.1 cm³/mol.